The molecular weight excluding hydrogens is 350 g/mol. The zero-order valence-corrected chi connectivity index (χ0v) is 14.9. The van der Waals surface area contributed by atoms with E-state index < -0.39 is 5.41 Å². The molecule has 0 aliphatic rings. The lowest BCUT2D eigenvalue weighted by Gasteiger charge is -2.30. The second kappa shape index (κ2) is 6.78. The molecule has 0 fully saturated rings. The Bertz CT molecular complexity index is 615. The Labute approximate surface area is 144 Å². The fraction of sp³-hybridized carbons (Fsp3) is 0.400. The van der Waals surface area contributed by atoms with Crippen molar-refractivity contribution in [2.75, 3.05) is 11.8 Å². The summed E-state index contributed by atoms with van der Waals surface area (Å²) in [4.78, 5) is 0. The van der Waals surface area contributed by atoms with Gasteiger partial charge in [-0.25, -0.2) is 0 Å². The van der Waals surface area contributed by atoms with Gasteiger partial charge in [0.2, 0.25) is 0 Å². The fourth-order valence-corrected chi connectivity index (χ4v) is 3.52. The Morgan fingerprint density at radius 3 is 2.10 bits per heavy atom. The number of halogens is 4. The summed E-state index contributed by atoms with van der Waals surface area (Å²) in [5.74, 6) is 0.775. The Morgan fingerprint density at radius 1 is 1.10 bits per heavy atom. The van der Waals surface area contributed by atoms with Crippen molar-refractivity contribution in [3.05, 3.63) is 51.3 Å². The third kappa shape index (κ3) is 3.34. The molecule has 0 radical (unpaired) electrons. The number of nitrogens with zero attached hydrogens (tertiary/aromatic N) is 2. The zero-order valence-electron chi connectivity index (χ0n) is 11.8. The lowest BCUT2D eigenvalue weighted by atomic mass is 9.80. The molecule has 1 aromatic carbocycles. The minimum Gasteiger partial charge on any atom is -0.271 e. The van der Waals surface area contributed by atoms with Crippen LogP contribution in [-0.4, -0.2) is 21.5 Å². The van der Waals surface area contributed by atoms with Gasteiger partial charge in [-0.15, -0.1) is 23.2 Å². The van der Waals surface area contributed by atoms with Gasteiger partial charge in [-0.2, -0.15) is 5.10 Å². The smallest absolute Gasteiger partial charge is 0.0847 e. The van der Waals surface area contributed by atoms with Gasteiger partial charge in [-0.3, -0.25) is 4.68 Å². The number of rotatable bonds is 5. The molecule has 2 nitrogen and oxygen atoms in total. The summed E-state index contributed by atoms with van der Waals surface area (Å²) in [5, 5.41) is 5.71. The molecule has 2 aromatic rings. The minimum absolute atomic E-state index is 0.388. The third-order valence-corrected chi connectivity index (χ3v) is 5.50. The molecule has 0 spiro atoms. The van der Waals surface area contributed by atoms with Crippen LogP contribution in [0.25, 0.3) is 0 Å². The van der Waals surface area contributed by atoms with Crippen LogP contribution in [0, 0.1) is 6.92 Å². The van der Waals surface area contributed by atoms with Gasteiger partial charge in [-0.1, -0.05) is 35.3 Å². The molecule has 0 aliphatic carbocycles. The predicted molar refractivity (Wildman–Crippen MR) is 91.2 cm³/mol. The van der Waals surface area contributed by atoms with E-state index in [1.54, 1.807) is 4.68 Å². The largest absolute Gasteiger partial charge is 0.271 e. The first-order valence-corrected chi connectivity index (χ1v) is 8.32. The van der Waals surface area contributed by atoms with Crippen LogP contribution in [0.4, 0.5) is 0 Å². The first-order valence-electron chi connectivity index (χ1n) is 6.49. The number of aromatic nitrogens is 2. The van der Waals surface area contributed by atoms with Gasteiger partial charge in [0.05, 0.1) is 16.4 Å². The van der Waals surface area contributed by atoms with Crippen LogP contribution >= 0.6 is 46.4 Å². The van der Waals surface area contributed by atoms with Crippen molar-refractivity contribution in [2.45, 2.75) is 18.8 Å². The molecule has 6 heteroatoms. The fourth-order valence-electron chi connectivity index (χ4n) is 2.38. The van der Waals surface area contributed by atoms with Crippen molar-refractivity contribution >= 4 is 46.4 Å². The highest BCUT2D eigenvalue weighted by Crippen LogP contribution is 2.35. The molecule has 0 saturated heterocycles. The average Bonchev–Trinajstić information content (AvgIpc) is 2.72. The second-order valence-electron chi connectivity index (χ2n) is 5.20. The van der Waals surface area contributed by atoms with Gasteiger partial charge in [0.25, 0.3) is 0 Å². The van der Waals surface area contributed by atoms with Crippen molar-refractivity contribution < 1.29 is 0 Å². The molecule has 0 bridgehead atoms. The van der Waals surface area contributed by atoms with Crippen molar-refractivity contribution in [3.8, 4) is 0 Å². The van der Waals surface area contributed by atoms with Crippen LogP contribution in [-0.2, 0) is 18.9 Å². The highest BCUT2D eigenvalue weighted by atomic mass is 35.5. The van der Waals surface area contributed by atoms with Crippen LogP contribution in [0.5, 0.6) is 0 Å². The Balaban J connectivity index is 2.45. The Morgan fingerprint density at radius 2 is 1.67 bits per heavy atom. The van der Waals surface area contributed by atoms with E-state index >= 15 is 0 Å². The molecule has 0 amide bonds. The summed E-state index contributed by atoms with van der Waals surface area (Å²) < 4.78 is 1.79. The van der Waals surface area contributed by atoms with Crippen molar-refractivity contribution in [1.82, 2.24) is 9.78 Å². The topological polar surface area (TPSA) is 17.8 Å². The van der Waals surface area contributed by atoms with Gasteiger partial charge < -0.3 is 0 Å². The van der Waals surface area contributed by atoms with Crippen molar-refractivity contribution in [2.24, 2.45) is 7.05 Å². The number of benzene rings is 1. The first kappa shape index (κ1) is 17.0. The number of hydrogen-bond donors (Lipinski definition) is 0. The summed E-state index contributed by atoms with van der Waals surface area (Å²) in [6.07, 6.45) is 0.623. The summed E-state index contributed by atoms with van der Waals surface area (Å²) in [6.45, 7) is 1.89. The molecule has 114 valence electrons. The van der Waals surface area contributed by atoms with Gasteiger partial charge in [0.1, 0.15) is 0 Å². The molecule has 0 N–H and O–H groups in total. The van der Waals surface area contributed by atoms with Crippen LogP contribution in [0.1, 0.15) is 17.0 Å². The molecule has 1 heterocycles. The van der Waals surface area contributed by atoms with E-state index in [2.05, 4.69) is 5.10 Å². The van der Waals surface area contributed by atoms with Crippen LogP contribution in [0.2, 0.25) is 10.0 Å². The monoisotopic (exact) mass is 364 g/mol. The van der Waals surface area contributed by atoms with Crippen molar-refractivity contribution in [1.29, 1.82) is 0 Å². The van der Waals surface area contributed by atoms with E-state index in [-0.39, 0.29) is 0 Å². The quantitative estimate of drug-likeness (QED) is 0.682. The number of aryl methyl sites for hydroxylation is 2. The Kier molecular flexibility index (Phi) is 5.48. The van der Waals surface area contributed by atoms with E-state index in [4.69, 9.17) is 46.4 Å². The maximum atomic E-state index is 6.36. The van der Waals surface area contributed by atoms with Crippen LogP contribution in [0.15, 0.2) is 24.3 Å². The van der Waals surface area contributed by atoms with Gasteiger partial charge >= 0.3 is 0 Å². The lowest BCUT2D eigenvalue weighted by molar-refractivity contribution is 0.511. The molecule has 2 rings (SSSR count). The minimum atomic E-state index is -0.405. The molecule has 0 atom stereocenters. The summed E-state index contributed by atoms with van der Waals surface area (Å²) in [7, 11) is 1.88. The SMILES string of the molecule is Cc1nn(C)c(CC(CCl)(CCl)c2ccc(Cl)cc2)c1Cl. The summed E-state index contributed by atoms with van der Waals surface area (Å²) in [6, 6.07) is 7.62. The zero-order chi connectivity index (χ0) is 15.6. The standard InChI is InChI=1S/C15H16Cl4N2/c1-10-14(19)13(21(2)20-10)7-15(8-16,9-17)11-3-5-12(18)6-4-11/h3-6H,7-9H2,1-2H3. The summed E-state index contributed by atoms with van der Waals surface area (Å²) >= 11 is 24.9. The van der Waals surface area contributed by atoms with Crippen molar-refractivity contribution in [3.63, 3.8) is 0 Å². The van der Waals surface area contributed by atoms with Gasteiger partial charge in [0.15, 0.2) is 0 Å². The molecule has 0 saturated carbocycles. The second-order valence-corrected chi connectivity index (χ2v) is 6.55. The van der Waals surface area contributed by atoms with Crippen LogP contribution < -0.4 is 0 Å². The maximum absolute atomic E-state index is 6.36. The highest BCUT2D eigenvalue weighted by molar-refractivity contribution is 6.32. The molecular formula is C15H16Cl4N2. The molecule has 1 aromatic heterocycles. The van der Waals surface area contributed by atoms with E-state index in [1.165, 1.54) is 0 Å². The third-order valence-electron chi connectivity index (χ3n) is 3.74. The number of hydrogen-bond acceptors (Lipinski definition) is 1. The number of alkyl halides is 2. The molecule has 0 unspecified atom stereocenters. The molecule has 0 aliphatic heterocycles. The first-order chi connectivity index (χ1) is 9.93. The maximum Gasteiger partial charge on any atom is 0.0847 e. The normalized spacial score (nSPS) is 11.9. The molecule has 21 heavy (non-hydrogen) atoms. The van der Waals surface area contributed by atoms with Gasteiger partial charge in [0, 0.05) is 35.7 Å². The Hall–Kier alpha value is -0.410. The van der Waals surface area contributed by atoms with E-state index in [0.29, 0.717) is 28.2 Å². The predicted octanol–water partition coefficient (Wildman–Crippen LogP) is 4.99. The van der Waals surface area contributed by atoms with E-state index in [9.17, 15) is 0 Å². The van der Waals surface area contributed by atoms with E-state index in [1.807, 2.05) is 38.2 Å². The van der Waals surface area contributed by atoms with Crippen LogP contribution in [0.3, 0.4) is 0 Å². The van der Waals surface area contributed by atoms with Gasteiger partial charge in [-0.05, 0) is 24.6 Å². The summed E-state index contributed by atoms with van der Waals surface area (Å²) in [5.41, 5.74) is 2.39. The highest BCUT2D eigenvalue weighted by Gasteiger charge is 2.33. The van der Waals surface area contributed by atoms with E-state index in [0.717, 1.165) is 17.0 Å². The average molecular weight is 366 g/mol. The lowest BCUT2D eigenvalue weighted by Crippen LogP contribution is -2.34.